The molecule has 8 heteroatoms. The van der Waals surface area contributed by atoms with E-state index in [2.05, 4.69) is 0 Å². The van der Waals surface area contributed by atoms with Crippen molar-refractivity contribution in [2.75, 3.05) is 12.3 Å². The number of rotatable bonds is 6. The predicted octanol–water partition coefficient (Wildman–Crippen LogP) is 1.71. The summed E-state index contributed by atoms with van der Waals surface area (Å²) in [5.41, 5.74) is 7.70. The number of nitrogens with zero attached hydrogens (tertiary/aromatic N) is 2. The second-order valence-corrected chi connectivity index (χ2v) is 7.82. The molecule has 0 spiro atoms. The third-order valence-electron chi connectivity index (χ3n) is 5.71. The number of aromatic nitrogens is 2. The van der Waals surface area contributed by atoms with Gasteiger partial charge in [0.15, 0.2) is 6.61 Å². The van der Waals surface area contributed by atoms with E-state index < -0.39 is 29.6 Å². The first-order valence-electron chi connectivity index (χ1n) is 10.3. The van der Waals surface area contributed by atoms with E-state index in [0.29, 0.717) is 5.56 Å². The van der Waals surface area contributed by atoms with Crippen LogP contribution in [0.1, 0.15) is 43.8 Å². The Hall–Kier alpha value is -3.94. The van der Waals surface area contributed by atoms with Crippen molar-refractivity contribution in [2.45, 2.75) is 25.8 Å². The van der Waals surface area contributed by atoms with Crippen LogP contribution in [0.5, 0.6) is 0 Å². The maximum absolute atomic E-state index is 12.8. The van der Waals surface area contributed by atoms with Crippen molar-refractivity contribution in [3.05, 3.63) is 97.2 Å². The first kappa shape index (κ1) is 21.3. The van der Waals surface area contributed by atoms with Crippen molar-refractivity contribution in [3.63, 3.8) is 0 Å². The summed E-state index contributed by atoms with van der Waals surface area (Å²) in [4.78, 5) is 50.4. The molecule has 0 saturated carbocycles. The molecule has 0 saturated heterocycles. The lowest BCUT2D eigenvalue weighted by atomic mass is 10.1. The molecule has 1 aliphatic carbocycles. The minimum atomic E-state index is -0.824. The molecule has 2 N–H and O–H groups in total. The Labute approximate surface area is 183 Å². The van der Waals surface area contributed by atoms with Crippen LogP contribution in [-0.2, 0) is 31.2 Å². The second-order valence-electron chi connectivity index (χ2n) is 7.82. The summed E-state index contributed by atoms with van der Waals surface area (Å²) in [6.07, 6.45) is 2.95. The molecule has 0 unspecified atom stereocenters. The Morgan fingerprint density at radius 3 is 2.50 bits per heavy atom. The molecule has 1 aliphatic rings. The van der Waals surface area contributed by atoms with Crippen LogP contribution < -0.4 is 17.0 Å². The molecule has 3 aromatic rings. The molecule has 1 heterocycles. The number of benzene rings is 2. The Kier molecular flexibility index (Phi) is 5.77. The zero-order chi connectivity index (χ0) is 22.8. The third kappa shape index (κ3) is 3.99. The van der Waals surface area contributed by atoms with E-state index in [1.54, 1.807) is 24.3 Å². The van der Waals surface area contributed by atoms with E-state index in [4.69, 9.17) is 10.5 Å². The number of anilines is 1. The van der Waals surface area contributed by atoms with Crippen LogP contribution in [0, 0.1) is 0 Å². The molecular weight excluding hydrogens is 410 g/mol. The van der Waals surface area contributed by atoms with Gasteiger partial charge in [-0.25, -0.2) is 9.59 Å². The number of carbonyl (C=O) groups excluding carboxylic acids is 2. The number of fused-ring (bicyclic) bond motifs is 1. The van der Waals surface area contributed by atoms with E-state index >= 15 is 0 Å². The molecule has 0 fully saturated rings. The lowest BCUT2D eigenvalue weighted by molar-refractivity contribution is 0.0474. The molecule has 0 bridgehead atoms. The fraction of sp³-hybridized carbons (Fsp3) is 0.250. The van der Waals surface area contributed by atoms with Crippen LogP contribution in [0.2, 0.25) is 0 Å². The van der Waals surface area contributed by atoms with Crippen LogP contribution >= 0.6 is 0 Å². The summed E-state index contributed by atoms with van der Waals surface area (Å²) in [5, 5.41) is 0. The molecule has 0 amide bonds. The first-order chi connectivity index (χ1) is 15.4. The second kappa shape index (κ2) is 8.66. The molecule has 1 aromatic heterocycles. The molecule has 0 atom stereocenters. The van der Waals surface area contributed by atoms with Gasteiger partial charge in [-0.1, -0.05) is 36.4 Å². The number of Topliss-reactive ketones (excluding diaryl/α,β-unsaturated/α-hetero) is 1. The van der Waals surface area contributed by atoms with E-state index in [1.165, 1.54) is 12.6 Å². The highest BCUT2D eigenvalue weighted by molar-refractivity contribution is 6.02. The number of hydrogen-bond donors (Lipinski definition) is 1. The van der Waals surface area contributed by atoms with Gasteiger partial charge in [0.1, 0.15) is 11.4 Å². The highest BCUT2D eigenvalue weighted by atomic mass is 16.5. The first-order valence-corrected chi connectivity index (χ1v) is 10.3. The largest absolute Gasteiger partial charge is 0.454 e. The summed E-state index contributed by atoms with van der Waals surface area (Å²) >= 11 is 0. The molecule has 164 valence electrons. The topological polar surface area (TPSA) is 113 Å². The fourth-order valence-corrected chi connectivity index (χ4v) is 3.95. The molecule has 0 radical (unpaired) electrons. The number of ether oxygens (including phenoxy) is 1. The van der Waals surface area contributed by atoms with E-state index in [-0.39, 0.29) is 17.9 Å². The van der Waals surface area contributed by atoms with Gasteiger partial charge >= 0.3 is 11.7 Å². The Morgan fingerprint density at radius 1 is 1.03 bits per heavy atom. The Bertz CT molecular complexity index is 1320. The van der Waals surface area contributed by atoms with Gasteiger partial charge in [-0.05, 0) is 48.1 Å². The minimum Gasteiger partial charge on any atom is -0.454 e. The Morgan fingerprint density at radius 2 is 1.75 bits per heavy atom. The molecule has 0 aliphatic heterocycles. The Balaban J connectivity index is 1.57. The number of nitrogen functional groups attached to an aromatic ring is 1. The van der Waals surface area contributed by atoms with Crippen LogP contribution in [0.3, 0.4) is 0 Å². The van der Waals surface area contributed by atoms with Crippen molar-refractivity contribution in [3.8, 4) is 0 Å². The van der Waals surface area contributed by atoms with E-state index in [9.17, 15) is 19.2 Å². The highest BCUT2D eigenvalue weighted by Crippen LogP contribution is 2.23. The van der Waals surface area contributed by atoms with Crippen molar-refractivity contribution in [1.82, 2.24) is 9.13 Å². The summed E-state index contributed by atoms with van der Waals surface area (Å²) < 4.78 is 7.15. The maximum atomic E-state index is 12.8. The van der Waals surface area contributed by atoms with Gasteiger partial charge in [-0.3, -0.25) is 18.7 Å². The lowest BCUT2D eigenvalue weighted by Gasteiger charge is -2.15. The van der Waals surface area contributed by atoms with Gasteiger partial charge in [0.2, 0.25) is 5.78 Å². The van der Waals surface area contributed by atoms with Gasteiger partial charge in [-0.2, -0.15) is 0 Å². The average molecular weight is 433 g/mol. The zero-order valence-corrected chi connectivity index (χ0v) is 17.7. The summed E-state index contributed by atoms with van der Waals surface area (Å²) in [5.74, 6) is -1.67. The van der Waals surface area contributed by atoms with Crippen molar-refractivity contribution >= 4 is 17.6 Å². The number of esters is 1. The fourth-order valence-electron chi connectivity index (χ4n) is 3.95. The minimum absolute atomic E-state index is 0.0921. The average Bonchev–Trinajstić information content (AvgIpc) is 3.27. The molecule has 4 rings (SSSR count). The molecule has 8 nitrogen and oxygen atoms in total. The van der Waals surface area contributed by atoms with Gasteiger partial charge in [0.05, 0.1) is 12.1 Å². The van der Waals surface area contributed by atoms with Crippen LogP contribution in [0.25, 0.3) is 0 Å². The van der Waals surface area contributed by atoms with Crippen LogP contribution in [-0.4, -0.2) is 27.5 Å². The van der Waals surface area contributed by atoms with Crippen molar-refractivity contribution < 1.29 is 14.3 Å². The summed E-state index contributed by atoms with van der Waals surface area (Å²) in [6, 6.07) is 14.4. The summed E-state index contributed by atoms with van der Waals surface area (Å²) in [6.45, 7) is -0.562. The van der Waals surface area contributed by atoms with Crippen molar-refractivity contribution in [1.29, 1.82) is 0 Å². The number of ketones is 1. The standard InChI is InChI=1S/C24H23N3O5/c1-26-22(29)20(21(25)27(24(26)31)13-15-6-3-2-4-7-15)19(28)14-32-23(30)18-11-10-16-8-5-9-17(16)12-18/h2-4,6-7,10-12H,5,8-9,13-14,25H2,1H3. The zero-order valence-electron chi connectivity index (χ0n) is 17.7. The predicted molar refractivity (Wildman–Crippen MR) is 119 cm³/mol. The normalized spacial score (nSPS) is 12.4. The quantitative estimate of drug-likeness (QED) is 0.468. The molecule has 32 heavy (non-hydrogen) atoms. The monoisotopic (exact) mass is 433 g/mol. The van der Waals surface area contributed by atoms with Gasteiger partial charge in [-0.15, -0.1) is 0 Å². The number of aryl methyl sites for hydroxylation is 2. The highest BCUT2D eigenvalue weighted by Gasteiger charge is 2.23. The van der Waals surface area contributed by atoms with Crippen LogP contribution in [0.4, 0.5) is 5.82 Å². The SMILES string of the molecule is Cn1c(=O)c(C(=O)COC(=O)c2ccc3c(c2)CCC3)c(N)n(Cc2ccccc2)c1=O. The smallest absolute Gasteiger partial charge is 0.338 e. The number of hydrogen-bond acceptors (Lipinski definition) is 6. The van der Waals surface area contributed by atoms with Gasteiger partial charge < -0.3 is 10.5 Å². The lowest BCUT2D eigenvalue weighted by Crippen LogP contribution is -2.43. The van der Waals surface area contributed by atoms with E-state index in [1.807, 2.05) is 24.3 Å². The summed E-state index contributed by atoms with van der Waals surface area (Å²) in [7, 11) is 1.28. The van der Waals surface area contributed by atoms with Gasteiger partial charge in [0, 0.05) is 7.05 Å². The number of nitrogens with two attached hydrogens (primary N) is 1. The van der Waals surface area contributed by atoms with E-state index in [0.717, 1.165) is 39.5 Å². The molecular formula is C24H23N3O5. The van der Waals surface area contributed by atoms with Gasteiger partial charge in [0.25, 0.3) is 5.56 Å². The van der Waals surface area contributed by atoms with Crippen LogP contribution in [0.15, 0.2) is 58.1 Å². The van der Waals surface area contributed by atoms with Crippen molar-refractivity contribution in [2.24, 2.45) is 7.05 Å². The third-order valence-corrected chi connectivity index (χ3v) is 5.71. The maximum Gasteiger partial charge on any atom is 0.338 e. The molecule has 2 aromatic carbocycles. The number of carbonyl (C=O) groups is 2.